The Morgan fingerprint density at radius 2 is 1.73 bits per heavy atom. The Kier molecular flexibility index (Phi) is 6.47. The average Bonchev–Trinajstić information content (AvgIpc) is 2.17. The predicted molar refractivity (Wildman–Crippen MR) is 65.8 cm³/mol. The van der Waals surface area contributed by atoms with Gasteiger partial charge in [-0.1, -0.05) is 26.1 Å². The van der Waals surface area contributed by atoms with Crippen LogP contribution < -0.4 is 11.5 Å². The van der Waals surface area contributed by atoms with Gasteiger partial charge in [0.05, 0.1) is 0 Å². The van der Waals surface area contributed by atoms with Crippen LogP contribution in [0.2, 0.25) is 0 Å². The molecule has 0 aliphatic rings. The number of nitrogens with two attached hydrogens (primary N) is 2. The van der Waals surface area contributed by atoms with Crippen LogP contribution in [0.3, 0.4) is 0 Å². The minimum Gasteiger partial charge on any atom is -0.389 e. The van der Waals surface area contributed by atoms with Gasteiger partial charge in [0.25, 0.3) is 0 Å². The summed E-state index contributed by atoms with van der Waals surface area (Å²) >= 11 is 4.77. The maximum atomic E-state index is 8.87. The van der Waals surface area contributed by atoms with Crippen LogP contribution in [0.5, 0.6) is 0 Å². The summed E-state index contributed by atoms with van der Waals surface area (Å²) < 4.78 is 0. The molecule has 0 spiro atoms. The van der Waals surface area contributed by atoms with Crippen LogP contribution in [0.25, 0.3) is 0 Å². The zero-order valence-corrected chi connectivity index (χ0v) is 10.1. The maximum absolute atomic E-state index is 8.87. The van der Waals surface area contributed by atoms with Crippen molar-refractivity contribution < 1.29 is 0 Å². The van der Waals surface area contributed by atoms with Gasteiger partial charge in [0, 0.05) is 13.1 Å². The number of rotatable bonds is 6. The van der Waals surface area contributed by atoms with Gasteiger partial charge < -0.3 is 16.4 Å². The zero-order chi connectivity index (χ0) is 11.8. The van der Waals surface area contributed by atoms with Crippen molar-refractivity contribution in [3.63, 3.8) is 0 Å². The molecule has 0 radical (unpaired) electrons. The van der Waals surface area contributed by atoms with Gasteiger partial charge in [0.1, 0.15) is 22.5 Å². The third kappa shape index (κ3) is 4.17. The molecule has 0 aromatic carbocycles. The standard InChI is InChI=1S/C10H18N4S/c1-3-5-14(6-4-2)9(12)8(7-11)10(13)15/h3-6,12H2,1-2H3,(H2,13,15)/b9-8-. The number of nitrogens with zero attached hydrogens (tertiary/aromatic N) is 2. The van der Waals surface area contributed by atoms with Crippen molar-refractivity contribution >= 4 is 17.2 Å². The lowest BCUT2D eigenvalue weighted by Gasteiger charge is -2.24. The molecule has 4 nitrogen and oxygen atoms in total. The van der Waals surface area contributed by atoms with Crippen LogP contribution in [0, 0.1) is 11.3 Å². The molecule has 0 amide bonds. The quantitative estimate of drug-likeness (QED) is 0.402. The molecule has 84 valence electrons. The van der Waals surface area contributed by atoms with Gasteiger partial charge in [0.2, 0.25) is 0 Å². The second-order valence-corrected chi connectivity index (χ2v) is 3.66. The van der Waals surface area contributed by atoms with Crippen LogP contribution in [0.4, 0.5) is 0 Å². The van der Waals surface area contributed by atoms with Crippen molar-refractivity contribution in [1.82, 2.24) is 4.90 Å². The van der Waals surface area contributed by atoms with Crippen LogP contribution in [0.15, 0.2) is 11.4 Å². The van der Waals surface area contributed by atoms with Gasteiger partial charge in [-0.15, -0.1) is 0 Å². The Morgan fingerprint density at radius 1 is 1.27 bits per heavy atom. The van der Waals surface area contributed by atoms with E-state index in [0.29, 0.717) is 5.82 Å². The Bertz CT molecular complexity index is 284. The van der Waals surface area contributed by atoms with Gasteiger partial charge >= 0.3 is 0 Å². The highest BCUT2D eigenvalue weighted by molar-refractivity contribution is 7.80. The van der Waals surface area contributed by atoms with E-state index in [1.54, 1.807) is 0 Å². The van der Waals surface area contributed by atoms with Crippen molar-refractivity contribution in [2.75, 3.05) is 13.1 Å². The first-order chi connectivity index (χ1) is 7.08. The summed E-state index contributed by atoms with van der Waals surface area (Å²) in [5.74, 6) is 0.397. The van der Waals surface area contributed by atoms with Crippen LogP contribution in [-0.4, -0.2) is 23.0 Å². The number of nitriles is 1. The monoisotopic (exact) mass is 226 g/mol. The molecule has 0 saturated carbocycles. The molecule has 0 fully saturated rings. The molecule has 4 N–H and O–H groups in total. The summed E-state index contributed by atoms with van der Waals surface area (Å²) in [5, 5.41) is 8.87. The fraction of sp³-hybridized carbons (Fsp3) is 0.600. The first-order valence-electron chi connectivity index (χ1n) is 5.03. The Labute approximate surface area is 96.5 Å². The lowest BCUT2D eigenvalue weighted by molar-refractivity contribution is 0.340. The Balaban J connectivity index is 4.94. The van der Waals surface area contributed by atoms with E-state index in [0.717, 1.165) is 25.9 Å². The molecular formula is C10H18N4S. The van der Waals surface area contributed by atoms with E-state index < -0.39 is 0 Å². The van der Waals surface area contributed by atoms with Crippen molar-refractivity contribution in [1.29, 1.82) is 5.26 Å². The highest BCUT2D eigenvalue weighted by Gasteiger charge is 2.12. The smallest absolute Gasteiger partial charge is 0.126 e. The van der Waals surface area contributed by atoms with Crippen molar-refractivity contribution in [3.05, 3.63) is 11.4 Å². The van der Waals surface area contributed by atoms with Gasteiger partial charge in [0.15, 0.2) is 0 Å². The SMILES string of the molecule is CCCN(CCC)/C(N)=C(/C#N)C(N)=S. The molecule has 0 aliphatic carbocycles. The molecule has 0 bridgehead atoms. The molecule has 0 heterocycles. The van der Waals surface area contributed by atoms with Gasteiger partial charge in [-0.3, -0.25) is 0 Å². The normalized spacial score (nSPS) is 11.5. The van der Waals surface area contributed by atoms with E-state index in [1.807, 2.05) is 11.0 Å². The minimum atomic E-state index is 0.0622. The van der Waals surface area contributed by atoms with Crippen molar-refractivity contribution in [3.8, 4) is 6.07 Å². The van der Waals surface area contributed by atoms with Gasteiger partial charge in [-0.05, 0) is 12.8 Å². The van der Waals surface area contributed by atoms with Gasteiger partial charge in [-0.25, -0.2) is 0 Å². The van der Waals surface area contributed by atoms with Crippen LogP contribution in [0.1, 0.15) is 26.7 Å². The molecule has 0 aromatic rings. The molecule has 0 saturated heterocycles. The topological polar surface area (TPSA) is 79.1 Å². The van der Waals surface area contributed by atoms with E-state index in [9.17, 15) is 0 Å². The van der Waals surface area contributed by atoms with Crippen molar-refractivity contribution in [2.24, 2.45) is 11.5 Å². The molecule has 0 aromatic heterocycles. The van der Waals surface area contributed by atoms with E-state index in [2.05, 4.69) is 13.8 Å². The zero-order valence-electron chi connectivity index (χ0n) is 9.29. The molecule has 0 aliphatic heterocycles. The third-order valence-corrected chi connectivity index (χ3v) is 2.15. The molecule has 0 unspecified atom stereocenters. The first-order valence-corrected chi connectivity index (χ1v) is 5.43. The molecule has 0 rings (SSSR count). The summed E-state index contributed by atoms with van der Waals surface area (Å²) in [6, 6.07) is 1.95. The van der Waals surface area contributed by atoms with Crippen LogP contribution in [-0.2, 0) is 0 Å². The molecular weight excluding hydrogens is 208 g/mol. The summed E-state index contributed by atoms with van der Waals surface area (Å²) in [6.45, 7) is 5.74. The third-order valence-electron chi connectivity index (χ3n) is 1.94. The lowest BCUT2D eigenvalue weighted by Crippen LogP contribution is -2.32. The molecule has 15 heavy (non-hydrogen) atoms. The first kappa shape index (κ1) is 13.7. The highest BCUT2D eigenvalue weighted by atomic mass is 32.1. The fourth-order valence-electron chi connectivity index (χ4n) is 1.29. The fourth-order valence-corrected chi connectivity index (χ4v) is 1.44. The molecule has 0 atom stereocenters. The van der Waals surface area contributed by atoms with Crippen molar-refractivity contribution in [2.45, 2.75) is 26.7 Å². The summed E-state index contributed by atoms with van der Waals surface area (Å²) in [4.78, 5) is 2.00. The van der Waals surface area contributed by atoms with E-state index in [-0.39, 0.29) is 10.6 Å². The summed E-state index contributed by atoms with van der Waals surface area (Å²) in [6.07, 6.45) is 1.94. The lowest BCUT2D eigenvalue weighted by atomic mass is 10.2. The number of hydrogen-bond donors (Lipinski definition) is 2. The summed E-state index contributed by atoms with van der Waals surface area (Å²) in [5.41, 5.74) is 11.5. The maximum Gasteiger partial charge on any atom is 0.126 e. The predicted octanol–water partition coefficient (Wildman–Crippen LogP) is 1.09. The van der Waals surface area contributed by atoms with E-state index >= 15 is 0 Å². The number of thiocarbonyl (C=S) groups is 1. The largest absolute Gasteiger partial charge is 0.389 e. The average molecular weight is 226 g/mol. The minimum absolute atomic E-state index is 0.0622. The number of hydrogen-bond acceptors (Lipinski definition) is 4. The highest BCUT2D eigenvalue weighted by Crippen LogP contribution is 2.07. The van der Waals surface area contributed by atoms with Crippen LogP contribution >= 0.6 is 12.2 Å². The second-order valence-electron chi connectivity index (χ2n) is 3.22. The van der Waals surface area contributed by atoms with E-state index in [1.165, 1.54) is 0 Å². The molecule has 5 heteroatoms. The van der Waals surface area contributed by atoms with E-state index in [4.69, 9.17) is 28.9 Å². The van der Waals surface area contributed by atoms with Gasteiger partial charge in [-0.2, -0.15) is 5.26 Å². The second kappa shape index (κ2) is 7.07. The Hall–Kier alpha value is -1.28. The Morgan fingerprint density at radius 3 is 2.00 bits per heavy atom. The summed E-state index contributed by atoms with van der Waals surface area (Å²) in [7, 11) is 0.